The van der Waals surface area contributed by atoms with Gasteiger partial charge in [0.2, 0.25) is 5.91 Å². The normalized spacial score (nSPS) is 12.8. The third kappa shape index (κ3) is 6.08. The number of rotatable bonds is 9. The van der Waals surface area contributed by atoms with Gasteiger partial charge in [-0.2, -0.15) is 0 Å². The van der Waals surface area contributed by atoms with Crippen molar-refractivity contribution in [3.8, 4) is 0 Å². The molecule has 1 atom stereocenters. The van der Waals surface area contributed by atoms with Crippen molar-refractivity contribution in [3.05, 3.63) is 0 Å². The highest BCUT2D eigenvalue weighted by Gasteiger charge is 2.18. The molecule has 0 aromatic carbocycles. The first-order valence-electron chi connectivity index (χ1n) is 6.29. The molecule has 96 valence electrons. The molecule has 0 radical (unpaired) electrons. The van der Waals surface area contributed by atoms with E-state index in [4.69, 9.17) is 5.11 Å². The first kappa shape index (κ1) is 15.4. The van der Waals surface area contributed by atoms with E-state index in [1.807, 2.05) is 13.8 Å². The van der Waals surface area contributed by atoms with Gasteiger partial charge in [-0.05, 0) is 26.3 Å². The molecule has 0 rings (SSSR count). The van der Waals surface area contributed by atoms with Crippen molar-refractivity contribution < 1.29 is 9.90 Å². The Morgan fingerprint density at radius 1 is 1.38 bits per heavy atom. The molecule has 0 fully saturated rings. The Kier molecular flexibility index (Phi) is 9.24. The highest BCUT2D eigenvalue weighted by Crippen LogP contribution is 2.00. The number of unbranched alkanes of at least 4 members (excludes halogenated alkanes) is 1. The van der Waals surface area contributed by atoms with Gasteiger partial charge in [0.15, 0.2) is 0 Å². The lowest BCUT2D eigenvalue weighted by Crippen LogP contribution is -2.45. The molecular formula is C12H26N2O2. The molecule has 0 aromatic heterocycles. The molecule has 0 aromatic rings. The summed E-state index contributed by atoms with van der Waals surface area (Å²) in [5.74, 6) is 0.0910. The maximum atomic E-state index is 11.8. The fraction of sp³-hybridized carbons (Fsp3) is 0.917. The van der Waals surface area contributed by atoms with Crippen LogP contribution in [0.4, 0.5) is 0 Å². The third-order valence-electron chi connectivity index (χ3n) is 2.77. The van der Waals surface area contributed by atoms with E-state index in [1.165, 1.54) is 0 Å². The summed E-state index contributed by atoms with van der Waals surface area (Å²) in [7, 11) is 0. The van der Waals surface area contributed by atoms with Crippen molar-refractivity contribution in [2.45, 2.75) is 46.1 Å². The van der Waals surface area contributed by atoms with E-state index in [9.17, 15) is 4.79 Å². The van der Waals surface area contributed by atoms with Crippen LogP contribution in [-0.2, 0) is 4.79 Å². The van der Waals surface area contributed by atoms with Crippen LogP contribution in [0, 0.1) is 0 Å². The van der Waals surface area contributed by atoms with Gasteiger partial charge in [0.1, 0.15) is 0 Å². The molecule has 0 aliphatic rings. The van der Waals surface area contributed by atoms with Crippen LogP contribution >= 0.6 is 0 Å². The Hall–Kier alpha value is -0.610. The molecule has 0 aliphatic carbocycles. The summed E-state index contributed by atoms with van der Waals surface area (Å²) in [5, 5.41) is 11.7. The van der Waals surface area contributed by atoms with E-state index in [0.717, 1.165) is 38.9 Å². The number of nitrogens with one attached hydrogen (secondary N) is 1. The molecule has 0 aliphatic heterocycles. The van der Waals surface area contributed by atoms with Gasteiger partial charge in [-0.3, -0.25) is 9.69 Å². The Morgan fingerprint density at radius 3 is 2.56 bits per heavy atom. The van der Waals surface area contributed by atoms with Crippen LogP contribution in [0.15, 0.2) is 0 Å². The van der Waals surface area contributed by atoms with E-state index in [-0.39, 0.29) is 18.6 Å². The van der Waals surface area contributed by atoms with Gasteiger partial charge in [0.05, 0.1) is 6.04 Å². The van der Waals surface area contributed by atoms with Gasteiger partial charge in [-0.25, -0.2) is 0 Å². The standard InChI is InChI=1S/C12H26N2O2/c1-4-6-8-13-12(16)11(3)14(5-2)9-7-10-15/h11,15H,4-10H2,1-3H3,(H,13,16). The van der Waals surface area contributed by atoms with Crippen molar-refractivity contribution in [1.29, 1.82) is 0 Å². The summed E-state index contributed by atoms with van der Waals surface area (Å²) >= 11 is 0. The second-order valence-corrected chi connectivity index (χ2v) is 4.03. The van der Waals surface area contributed by atoms with Gasteiger partial charge < -0.3 is 10.4 Å². The monoisotopic (exact) mass is 230 g/mol. The van der Waals surface area contributed by atoms with Crippen LogP contribution in [0.2, 0.25) is 0 Å². The first-order chi connectivity index (χ1) is 7.67. The molecule has 0 saturated heterocycles. The number of aliphatic hydroxyl groups excluding tert-OH is 1. The molecule has 0 spiro atoms. The Labute approximate surface area is 99.0 Å². The number of nitrogens with zero attached hydrogens (tertiary/aromatic N) is 1. The summed E-state index contributed by atoms with van der Waals surface area (Å²) in [5.41, 5.74) is 0. The fourth-order valence-electron chi connectivity index (χ4n) is 1.60. The van der Waals surface area contributed by atoms with Crippen molar-refractivity contribution in [2.24, 2.45) is 0 Å². The average Bonchev–Trinajstić information content (AvgIpc) is 2.30. The summed E-state index contributed by atoms with van der Waals surface area (Å²) in [6.45, 7) is 8.61. The lowest BCUT2D eigenvalue weighted by molar-refractivity contribution is -0.125. The van der Waals surface area contributed by atoms with Gasteiger partial charge in [0, 0.05) is 19.7 Å². The Bertz CT molecular complexity index is 186. The lowest BCUT2D eigenvalue weighted by atomic mass is 10.2. The van der Waals surface area contributed by atoms with Gasteiger partial charge in [-0.1, -0.05) is 20.3 Å². The topological polar surface area (TPSA) is 52.6 Å². The molecule has 1 unspecified atom stereocenters. The summed E-state index contributed by atoms with van der Waals surface area (Å²) in [6.07, 6.45) is 2.85. The predicted octanol–water partition coefficient (Wildman–Crippen LogP) is 0.995. The maximum Gasteiger partial charge on any atom is 0.237 e. The molecule has 2 N–H and O–H groups in total. The zero-order valence-corrected chi connectivity index (χ0v) is 10.8. The minimum absolute atomic E-state index is 0.0910. The van der Waals surface area contributed by atoms with Crippen LogP contribution in [0.3, 0.4) is 0 Å². The fourth-order valence-corrected chi connectivity index (χ4v) is 1.60. The van der Waals surface area contributed by atoms with Crippen molar-refractivity contribution in [2.75, 3.05) is 26.2 Å². The first-order valence-corrected chi connectivity index (χ1v) is 6.29. The quantitative estimate of drug-likeness (QED) is 0.581. The van der Waals surface area contributed by atoms with E-state index in [2.05, 4.69) is 17.1 Å². The van der Waals surface area contributed by atoms with Crippen molar-refractivity contribution >= 4 is 5.91 Å². The Morgan fingerprint density at radius 2 is 2.06 bits per heavy atom. The minimum atomic E-state index is -0.103. The number of hydrogen-bond acceptors (Lipinski definition) is 3. The minimum Gasteiger partial charge on any atom is -0.396 e. The molecule has 16 heavy (non-hydrogen) atoms. The predicted molar refractivity (Wildman–Crippen MR) is 66.3 cm³/mol. The SMILES string of the molecule is CCCCNC(=O)C(C)N(CC)CCCO. The number of amides is 1. The van der Waals surface area contributed by atoms with Crippen LogP contribution in [0.1, 0.15) is 40.0 Å². The molecule has 0 heterocycles. The van der Waals surface area contributed by atoms with Crippen LogP contribution in [0.5, 0.6) is 0 Å². The number of aliphatic hydroxyl groups is 1. The summed E-state index contributed by atoms with van der Waals surface area (Å²) < 4.78 is 0. The zero-order valence-electron chi connectivity index (χ0n) is 10.8. The van der Waals surface area contributed by atoms with Crippen molar-refractivity contribution in [1.82, 2.24) is 10.2 Å². The smallest absolute Gasteiger partial charge is 0.237 e. The molecule has 0 bridgehead atoms. The third-order valence-corrected chi connectivity index (χ3v) is 2.77. The lowest BCUT2D eigenvalue weighted by Gasteiger charge is -2.26. The summed E-state index contributed by atoms with van der Waals surface area (Å²) in [4.78, 5) is 13.8. The second kappa shape index (κ2) is 9.60. The highest BCUT2D eigenvalue weighted by molar-refractivity contribution is 5.81. The highest BCUT2D eigenvalue weighted by atomic mass is 16.3. The number of likely N-dealkylation sites (N-methyl/N-ethyl adjacent to an activating group) is 1. The second-order valence-electron chi connectivity index (χ2n) is 4.03. The van der Waals surface area contributed by atoms with Crippen LogP contribution in [-0.4, -0.2) is 48.2 Å². The molecular weight excluding hydrogens is 204 g/mol. The van der Waals surface area contributed by atoms with Crippen LogP contribution < -0.4 is 5.32 Å². The Balaban J connectivity index is 3.95. The van der Waals surface area contributed by atoms with Gasteiger partial charge >= 0.3 is 0 Å². The van der Waals surface area contributed by atoms with E-state index < -0.39 is 0 Å². The largest absolute Gasteiger partial charge is 0.396 e. The van der Waals surface area contributed by atoms with Crippen molar-refractivity contribution in [3.63, 3.8) is 0 Å². The van der Waals surface area contributed by atoms with E-state index >= 15 is 0 Å². The zero-order chi connectivity index (χ0) is 12.4. The van der Waals surface area contributed by atoms with E-state index in [1.54, 1.807) is 0 Å². The average molecular weight is 230 g/mol. The molecule has 1 amide bonds. The number of carbonyl (C=O) groups excluding carboxylic acids is 1. The van der Waals surface area contributed by atoms with Gasteiger partial charge in [-0.15, -0.1) is 0 Å². The number of hydrogen-bond donors (Lipinski definition) is 2. The molecule has 0 saturated carbocycles. The van der Waals surface area contributed by atoms with E-state index in [0.29, 0.717) is 0 Å². The molecule has 4 nitrogen and oxygen atoms in total. The van der Waals surface area contributed by atoms with Gasteiger partial charge in [0.25, 0.3) is 0 Å². The number of carbonyl (C=O) groups is 1. The molecule has 4 heteroatoms. The maximum absolute atomic E-state index is 11.8. The summed E-state index contributed by atoms with van der Waals surface area (Å²) in [6, 6.07) is -0.103. The van der Waals surface area contributed by atoms with Crippen LogP contribution in [0.25, 0.3) is 0 Å².